The molecule has 0 aliphatic carbocycles. The Morgan fingerprint density at radius 1 is 1.00 bits per heavy atom. The summed E-state index contributed by atoms with van der Waals surface area (Å²) < 4.78 is 1.78. The number of hydrogen-bond donors (Lipinski definition) is 1. The Hall–Kier alpha value is -2.01. The maximum atomic E-state index is 12.8. The summed E-state index contributed by atoms with van der Waals surface area (Å²) in [7, 11) is 1.82. The van der Waals surface area contributed by atoms with E-state index in [1.54, 1.807) is 28.8 Å². The zero-order valence-electron chi connectivity index (χ0n) is 17.0. The van der Waals surface area contributed by atoms with E-state index in [1.165, 1.54) is 0 Å². The summed E-state index contributed by atoms with van der Waals surface area (Å²) in [6.07, 6.45) is 4.37. The van der Waals surface area contributed by atoms with Gasteiger partial charge in [-0.05, 0) is 36.8 Å². The Morgan fingerprint density at radius 3 is 2.37 bits per heavy atom. The van der Waals surface area contributed by atoms with E-state index in [4.69, 9.17) is 34.8 Å². The van der Waals surface area contributed by atoms with Gasteiger partial charge in [0.2, 0.25) is 0 Å². The van der Waals surface area contributed by atoms with E-state index in [2.05, 4.69) is 17.2 Å². The molecule has 30 heavy (non-hydrogen) atoms. The van der Waals surface area contributed by atoms with Crippen molar-refractivity contribution in [3.63, 3.8) is 0 Å². The highest BCUT2D eigenvalue weighted by atomic mass is 35.5. The highest BCUT2D eigenvalue weighted by Crippen LogP contribution is 2.37. The summed E-state index contributed by atoms with van der Waals surface area (Å²) in [5, 5.41) is 4.65. The molecule has 2 aromatic carbocycles. The van der Waals surface area contributed by atoms with Crippen molar-refractivity contribution in [3.05, 3.63) is 63.4 Å². The van der Waals surface area contributed by atoms with Crippen molar-refractivity contribution >= 4 is 40.7 Å². The SMILES string of the molecule is CCCCCCNC(=O)c1nc(-c2ccc(Cl)cc2)c(-c2ccc(Cl)cc2Cl)n1C. The van der Waals surface area contributed by atoms with Crippen LogP contribution in [-0.4, -0.2) is 22.0 Å². The zero-order valence-corrected chi connectivity index (χ0v) is 19.3. The monoisotopic (exact) mass is 463 g/mol. The molecule has 0 radical (unpaired) electrons. The summed E-state index contributed by atoms with van der Waals surface area (Å²) in [6.45, 7) is 2.78. The number of hydrogen-bond acceptors (Lipinski definition) is 2. The number of halogens is 3. The van der Waals surface area contributed by atoms with E-state index in [9.17, 15) is 4.79 Å². The van der Waals surface area contributed by atoms with Crippen LogP contribution >= 0.6 is 34.8 Å². The van der Waals surface area contributed by atoms with Crippen LogP contribution in [0, 0.1) is 0 Å². The molecule has 1 amide bonds. The van der Waals surface area contributed by atoms with Crippen molar-refractivity contribution in [1.29, 1.82) is 0 Å². The quantitative estimate of drug-likeness (QED) is 0.364. The third-order valence-electron chi connectivity index (χ3n) is 4.92. The van der Waals surface area contributed by atoms with Crippen molar-refractivity contribution in [2.75, 3.05) is 6.54 Å². The van der Waals surface area contributed by atoms with Gasteiger partial charge in [-0.2, -0.15) is 0 Å². The average Bonchev–Trinajstić information content (AvgIpc) is 3.05. The summed E-state index contributed by atoms with van der Waals surface area (Å²) in [5.74, 6) is 0.122. The van der Waals surface area contributed by atoms with Crippen LogP contribution < -0.4 is 5.32 Å². The largest absolute Gasteiger partial charge is 0.349 e. The highest BCUT2D eigenvalue weighted by Gasteiger charge is 2.23. The van der Waals surface area contributed by atoms with E-state index in [0.29, 0.717) is 33.1 Å². The smallest absolute Gasteiger partial charge is 0.287 e. The first kappa shape index (κ1) is 22.7. The van der Waals surface area contributed by atoms with Crippen molar-refractivity contribution in [2.45, 2.75) is 32.6 Å². The van der Waals surface area contributed by atoms with Crippen LogP contribution in [0.5, 0.6) is 0 Å². The molecular weight excluding hydrogens is 441 g/mol. The summed E-state index contributed by atoms with van der Waals surface area (Å²) in [5.41, 5.74) is 3.01. The molecule has 3 rings (SSSR count). The Bertz CT molecular complexity index is 1030. The van der Waals surface area contributed by atoms with Gasteiger partial charge in [0.15, 0.2) is 5.82 Å². The second-order valence-corrected chi connectivity index (χ2v) is 8.42. The normalized spacial score (nSPS) is 11.0. The number of benzene rings is 2. The van der Waals surface area contributed by atoms with E-state index in [-0.39, 0.29) is 5.91 Å². The van der Waals surface area contributed by atoms with Gasteiger partial charge in [-0.25, -0.2) is 4.98 Å². The molecule has 0 fully saturated rings. The molecule has 0 saturated heterocycles. The molecular formula is C23H24Cl3N3O. The topological polar surface area (TPSA) is 46.9 Å². The van der Waals surface area contributed by atoms with Gasteiger partial charge in [0.1, 0.15) is 0 Å². The van der Waals surface area contributed by atoms with Gasteiger partial charge in [-0.3, -0.25) is 4.79 Å². The molecule has 0 bridgehead atoms. The fraction of sp³-hybridized carbons (Fsp3) is 0.304. The number of carbonyl (C=O) groups excluding carboxylic acids is 1. The first-order chi connectivity index (χ1) is 14.4. The Balaban J connectivity index is 2.01. The Morgan fingerprint density at radius 2 is 1.70 bits per heavy atom. The molecule has 1 N–H and O–H groups in total. The minimum atomic E-state index is -0.208. The maximum absolute atomic E-state index is 12.8. The molecule has 0 saturated carbocycles. The number of unbranched alkanes of at least 4 members (excludes halogenated alkanes) is 3. The highest BCUT2D eigenvalue weighted by molar-refractivity contribution is 6.36. The van der Waals surface area contributed by atoms with Crippen LogP contribution in [0.2, 0.25) is 15.1 Å². The Kier molecular flexibility index (Phi) is 7.81. The summed E-state index contributed by atoms with van der Waals surface area (Å²) in [4.78, 5) is 17.5. The fourth-order valence-electron chi connectivity index (χ4n) is 3.33. The molecule has 158 valence electrons. The lowest BCUT2D eigenvalue weighted by atomic mass is 10.0. The molecule has 1 aromatic heterocycles. The molecule has 0 unspecified atom stereocenters. The van der Waals surface area contributed by atoms with Crippen LogP contribution in [0.1, 0.15) is 43.2 Å². The van der Waals surface area contributed by atoms with E-state index < -0.39 is 0 Å². The zero-order chi connectivity index (χ0) is 21.7. The molecule has 0 spiro atoms. The second kappa shape index (κ2) is 10.3. The van der Waals surface area contributed by atoms with Crippen molar-refractivity contribution in [1.82, 2.24) is 14.9 Å². The van der Waals surface area contributed by atoms with E-state index in [1.807, 2.05) is 25.2 Å². The Labute approximate surface area is 192 Å². The van der Waals surface area contributed by atoms with E-state index >= 15 is 0 Å². The van der Waals surface area contributed by atoms with Crippen molar-refractivity contribution in [2.24, 2.45) is 7.05 Å². The number of carbonyl (C=O) groups is 1. The fourth-order valence-corrected chi connectivity index (χ4v) is 3.96. The number of rotatable bonds is 8. The number of aromatic nitrogens is 2. The predicted molar refractivity (Wildman–Crippen MR) is 126 cm³/mol. The van der Waals surface area contributed by atoms with Crippen molar-refractivity contribution in [3.8, 4) is 22.5 Å². The third-order valence-corrected chi connectivity index (χ3v) is 5.72. The standard InChI is InChI=1S/C23H24Cl3N3O/c1-3-4-5-6-13-27-23(30)22-28-20(15-7-9-16(24)10-8-15)21(29(22)2)18-12-11-17(25)14-19(18)26/h7-12,14H,3-6,13H2,1-2H3,(H,27,30). The molecule has 1 heterocycles. The van der Waals surface area contributed by atoms with Gasteiger partial charge < -0.3 is 9.88 Å². The molecule has 3 aromatic rings. The summed E-state index contributed by atoms with van der Waals surface area (Å²) in [6, 6.07) is 12.7. The van der Waals surface area contributed by atoms with Crippen molar-refractivity contribution < 1.29 is 4.79 Å². The van der Waals surface area contributed by atoms with Gasteiger partial charge in [0.25, 0.3) is 5.91 Å². The summed E-state index contributed by atoms with van der Waals surface area (Å²) >= 11 is 18.6. The lowest BCUT2D eigenvalue weighted by Gasteiger charge is -2.10. The second-order valence-electron chi connectivity index (χ2n) is 7.14. The first-order valence-corrected chi connectivity index (χ1v) is 11.1. The minimum Gasteiger partial charge on any atom is -0.349 e. The molecule has 7 heteroatoms. The lowest BCUT2D eigenvalue weighted by Crippen LogP contribution is -2.27. The maximum Gasteiger partial charge on any atom is 0.287 e. The number of nitrogens with one attached hydrogen (secondary N) is 1. The van der Waals surface area contributed by atoms with Crippen LogP contribution in [0.25, 0.3) is 22.5 Å². The number of nitrogens with zero attached hydrogens (tertiary/aromatic N) is 2. The average molecular weight is 465 g/mol. The number of imidazole rings is 1. The minimum absolute atomic E-state index is 0.208. The first-order valence-electron chi connectivity index (χ1n) is 9.98. The lowest BCUT2D eigenvalue weighted by molar-refractivity contribution is 0.0939. The third kappa shape index (κ3) is 5.18. The van der Waals surface area contributed by atoms with Crippen LogP contribution in [-0.2, 0) is 7.05 Å². The molecule has 0 aliphatic heterocycles. The van der Waals surface area contributed by atoms with Crippen LogP contribution in [0.4, 0.5) is 0 Å². The number of amides is 1. The predicted octanol–water partition coefficient (Wildman–Crippen LogP) is 7.02. The van der Waals surface area contributed by atoms with Gasteiger partial charge in [-0.15, -0.1) is 0 Å². The van der Waals surface area contributed by atoms with Gasteiger partial charge in [-0.1, -0.05) is 73.1 Å². The molecule has 4 nitrogen and oxygen atoms in total. The van der Waals surface area contributed by atoms with Gasteiger partial charge in [0, 0.05) is 34.8 Å². The van der Waals surface area contributed by atoms with Crippen LogP contribution in [0.3, 0.4) is 0 Å². The van der Waals surface area contributed by atoms with E-state index in [0.717, 1.165) is 42.5 Å². The molecule has 0 aliphatic rings. The van der Waals surface area contributed by atoms with Gasteiger partial charge in [0.05, 0.1) is 16.4 Å². The van der Waals surface area contributed by atoms with Gasteiger partial charge >= 0.3 is 0 Å². The molecule has 0 atom stereocenters. The van der Waals surface area contributed by atoms with Crippen LogP contribution in [0.15, 0.2) is 42.5 Å².